The number of hydrogen-bond donors (Lipinski definition) is 1. The summed E-state index contributed by atoms with van der Waals surface area (Å²) in [4.78, 5) is 0.414. The van der Waals surface area contributed by atoms with Gasteiger partial charge in [-0.1, -0.05) is 13.8 Å². The van der Waals surface area contributed by atoms with Crippen LogP contribution in [-0.2, 0) is 9.84 Å². The fourth-order valence-corrected chi connectivity index (χ4v) is 3.38. The van der Waals surface area contributed by atoms with Crippen LogP contribution in [0.5, 0.6) is 0 Å². The highest BCUT2D eigenvalue weighted by Crippen LogP contribution is 2.16. The lowest BCUT2D eigenvalue weighted by atomic mass is 10.3. The molecule has 0 aromatic heterocycles. The first-order valence-corrected chi connectivity index (χ1v) is 9.53. The summed E-state index contributed by atoms with van der Waals surface area (Å²) in [5, 5.41) is 3.95. The monoisotopic (exact) mass is 301 g/mol. The SMILES string of the molecule is CCCS(=O)(=O)c1ccc(NCCC(C)SC)cc1. The number of sulfone groups is 1. The van der Waals surface area contributed by atoms with E-state index in [0.29, 0.717) is 16.6 Å². The highest BCUT2D eigenvalue weighted by molar-refractivity contribution is 7.99. The Bertz CT molecular complexity index is 469. The second-order valence-electron chi connectivity index (χ2n) is 4.61. The van der Waals surface area contributed by atoms with Gasteiger partial charge in [-0.15, -0.1) is 0 Å². The van der Waals surface area contributed by atoms with Gasteiger partial charge in [0.05, 0.1) is 10.6 Å². The van der Waals surface area contributed by atoms with Crippen molar-refractivity contribution in [2.75, 3.05) is 23.9 Å². The van der Waals surface area contributed by atoms with E-state index in [4.69, 9.17) is 0 Å². The molecular formula is C14H23NO2S2. The molecule has 0 amide bonds. The van der Waals surface area contributed by atoms with Crippen molar-refractivity contribution in [2.24, 2.45) is 0 Å². The highest BCUT2D eigenvalue weighted by atomic mass is 32.2. The molecule has 0 fully saturated rings. The van der Waals surface area contributed by atoms with Crippen LogP contribution in [0.1, 0.15) is 26.7 Å². The Morgan fingerprint density at radius 1 is 1.26 bits per heavy atom. The van der Waals surface area contributed by atoms with Crippen molar-refractivity contribution < 1.29 is 8.42 Å². The van der Waals surface area contributed by atoms with E-state index in [1.54, 1.807) is 12.1 Å². The number of hydrogen-bond acceptors (Lipinski definition) is 4. The fourth-order valence-electron chi connectivity index (χ4n) is 1.70. The van der Waals surface area contributed by atoms with Crippen molar-refractivity contribution in [1.29, 1.82) is 0 Å². The van der Waals surface area contributed by atoms with Crippen LogP contribution in [0.2, 0.25) is 0 Å². The van der Waals surface area contributed by atoms with E-state index in [9.17, 15) is 8.42 Å². The molecule has 0 aliphatic carbocycles. The molecule has 0 heterocycles. The lowest BCUT2D eigenvalue weighted by Crippen LogP contribution is -2.08. The molecule has 0 spiro atoms. The average Bonchev–Trinajstić information content (AvgIpc) is 2.39. The number of rotatable bonds is 8. The zero-order valence-corrected chi connectivity index (χ0v) is 13.5. The fraction of sp³-hybridized carbons (Fsp3) is 0.571. The normalized spacial score (nSPS) is 13.2. The summed E-state index contributed by atoms with van der Waals surface area (Å²) in [5.74, 6) is 0.213. The van der Waals surface area contributed by atoms with Gasteiger partial charge in [0.2, 0.25) is 0 Å². The lowest BCUT2D eigenvalue weighted by Gasteiger charge is -2.10. The van der Waals surface area contributed by atoms with Crippen molar-refractivity contribution in [3.8, 4) is 0 Å². The van der Waals surface area contributed by atoms with Gasteiger partial charge >= 0.3 is 0 Å². The minimum absolute atomic E-state index is 0.213. The van der Waals surface area contributed by atoms with E-state index >= 15 is 0 Å². The van der Waals surface area contributed by atoms with Crippen LogP contribution in [0.3, 0.4) is 0 Å². The third-order valence-corrected chi connectivity index (χ3v) is 5.95. The van der Waals surface area contributed by atoms with Gasteiger partial charge in [0.15, 0.2) is 9.84 Å². The summed E-state index contributed by atoms with van der Waals surface area (Å²) in [7, 11) is -3.10. The van der Waals surface area contributed by atoms with Crippen molar-refractivity contribution in [3.05, 3.63) is 24.3 Å². The Balaban J connectivity index is 2.57. The van der Waals surface area contributed by atoms with Crippen molar-refractivity contribution in [2.45, 2.75) is 36.8 Å². The Kier molecular flexibility index (Phi) is 6.72. The second kappa shape index (κ2) is 7.80. The molecular weight excluding hydrogens is 278 g/mol. The number of anilines is 1. The maximum absolute atomic E-state index is 11.9. The molecule has 0 radical (unpaired) electrons. The molecule has 0 aliphatic rings. The van der Waals surface area contributed by atoms with Crippen LogP contribution in [0.25, 0.3) is 0 Å². The van der Waals surface area contributed by atoms with Crippen LogP contribution in [0.15, 0.2) is 29.2 Å². The van der Waals surface area contributed by atoms with Gasteiger partial charge in [-0.3, -0.25) is 0 Å². The van der Waals surface area contributed by atoms with Crippen molar-refractivity contribution >= 4 is 27.3 Å². The van der Waals surface area contributed by atoms with Gasteiger partial charge < -0.3 is 5.32 Å². The van der Waals surface area contributed by atoms with Crippen molar-refractivity contribution in [3.63, 3.8) is 0 Å². The maximum Gasteiger partial charge on any atom is 0.178 e. The first-order valence-electron chi connectivity index (χ1n) is 6.59. The summed E-state index contributed by atoms with van der Waals surface area (Å²) >= 11 is 1.85. The van der Waals surface area contributed by atoms with E-state index in [-0.39, 0.29) is 5.75 Å². The standard InChI is InChI=1S/C14H23NO2S2/c1-4-11-19(16,17)14-7-5-13(6-8-14)15-10-9-12(2)18-3/h5-8,12,15H,4,9-11H2,1-3H3. The van der Waals surface area contributed by atoms with E-state index in [1.165, 1.54) is 0 Å². The highest BCUT2D eigenvalue weighted by Gasteiger charge is 2.12. The molecule has 1 aromatic carbocycles. The molecule has 1 atom stereocenters. The third-order valence-electron chi connectivity index (χ3n) is 2.97. The minimum atomic E-state index is -3.10. The van der Waals surface area contributed by atoms with Crippen LogP contribution in [0.4, 0.5) is 5.69 Å². The van der Waals surface area contributed by atoms with E-state index in [2.05, 4.69) is 18.5 Å². The van der Waals surface area contributed by atoms with E-state index in [1.807, 2.05) is 30.8 Å². The Labute approximate surface area is 121 Å². The summed E-state index contributed by atoms with van der Waals surface area (Å²) in [6.07, 6.45) is 3.85. The maximum atomic E-state index is 11.9. The molecule has 19 heavy (non-hydrogen) atoms. The summed E-state index contributed by atoms with van der Waals surface area (Å²) in [6, 6.07) is 7.05. The molecule has 0 aliphatic heterocycles. The van der Waals surface area contributed by atoms with E-state index in [0.717, 1.165) is 18.7 Å². The van der Waals surface area contributed by atoms with Gasteiger partial charge in [0.1, 0.15) is 0 Å². The lowest BCUT2D eigenvalue weighted by molar-refractivity contribution is 0.595. The van der Waals surface area contributed by atoms with Gasteiger partial charge in [-0.2, -0.15) is 11.8 Å². The topological polar surface area (TPSA) is 46.2 Å². The van der Waals surface area contributed by atoms with E-state index < -0.39 is 9.84 Å². The Morgan fingerprint density at radius 2 is 1.89 bits per heavy atom. The largest absolute Gasteiger partial charge is 0.385 e. The van der Waals surface area contributed by atoms with Crippen LogP contribution < -0.4 is 5.32 Å². The Morgan fingerprint density at radius 3 is 2.42 bits per heavy atom. The number of benzene rings is 1. The Hall–Kier alpha value is -0.680. The van der Waals surface area contributed by atoms with Gasteiger partial charge in [-0.05, 0) is 43.4 Å². The summed E-state index contributed by atoms with van der Waals surface area (Å²) in [6.45, 7) is 4.98. The quantitative estimate of drug-likeness (QED) is 0.799. The molecule has 1 N–H and O–H groups in total. The summed E-state index contributed by atoms with van der Waals surface area (Å²) < 4.78 is 23.7. The molecule has 1 unspecified atom stereocenters. The van der Waals surface area contributed by atoms with Crippen molar-refractivity contribution in [1.82, 2.24) is 0 Å². The molecule has 108 valence electrons. The second-order valence-corrected chi connectivity index (χ2v) is 7.99. The molecule has 5 heteroatoms. The smallest absolute Gasteiger partial charge is 0.178 e. The number of thioether (sulfide) groups is 1. The predicted molar refractivity (Wildman–Crippen MR) is 84.9 cm³/mol. The third kappa shape index (κ3) is 5.45. The van der Waals surface area contributed by atoms with Crippen LogP contribution >= 0.6 is 11.8 Å². The molecule has 1 rings (SSSR count). The molecule has 0 saturated carbocycles. The first kappa shape index (κ1) is 16.4. The first-order chi connectivity index (χ1) is 8.99. The van der Waals surface area contributed by atoms with Gasteiger partial charge in [0, 0.05) is 17.5 Å². The molecule has 0 bridgehead atoms. The van der Waals surface area contributed by atoms with Gasteiger partial charge in [-0.25, -0.2) is 8.42 Å². The summed E-state index contributed by atoms with van der Waals surface area (Å²) in [5.41, 5.74) is 0.976. The molecule has 1 aromatic rings. The van der Waals surface area contributed by atoms with Crippen LogP contribution in [0, 0.1) is 0 Å². The zero-order valence-electron chi connectivity index (χ0n) is 11.8. The molecule has 0 saturated heterocycles. The molecule has 3 nitrogen and oxygen atoms in total. The number of nitrogens with one attached hydrogen (secondary N) is 1. The average molecular weight is 301 g/mol. The predicted octanol–water partition coefficient (Wildman–Crippen LogP) is 3.42. The zero-order chi connectivity index (χ0) is 14.3. The minimum Gasteiger partial charge on any atom is -0.385 e. The van der Waals surface area contributed by atoms with Crippen LogP contribution in [-0.4, -0.2) is 32.2 Å². The van der Waals surface area contributed by atoms with Gasteiger partial charge in [0.25, 0.3) is 0 Å².